The Hall–Kier alpha value is -4.94. The third kappa shape index (κ3) is 22.4. The monoisotopic (exact) mass is 1090 g/mol. The number of hydrogen-bond donors (Lipinski definition) is 3. The summed E-state index contributed by atoms with van der Waals surface area (Å²) >= 11 is 0. The lowest BCUT2D eigenvalue weighted by molar-refractivity contribution is -0.147. The molecule has 0 aromatic heterocycles. The van der Waals surface area contributed by atoms with Crippen LogP contribution in [0.3, 0.4) is 0 Å². The maximum atomic E-state index is 13.4. The van der Waals surface area contributed by atoms with Gasteiger partial charge in [-0.05, 0) is 106 Å². The summed E-state index contributed by atoms with van der Waals surface area (Å²) in [4.78, 5) is 98.1. The van der Waals surface area contributed by atoms with E-state index < -0.39 is 56.5 Å². The molecule has 2 fully saturated rings. The number of Topliss-reactive ketones (excluding diaryl/α,β-unsaturated/α-hetero) is 2. The number of allylic oxidation sites excluding steroid dienone is 4. The summed E-state index contributed by atoms with van der Waals surface area (Å²) in [6.45, 7) is 22.3. The van der Waals surface area contributed by atoms with Crippen molar-refractivity contribution in [3.8, 4) is 0 Å². The average Bonchev–Trinajstić information content (AvgIpc) is 3.34. The lowest BCUT2D eigenvalue weighted by Gasteiger charge is -2.42. The van der Waals surface area contributed by atoms with Crippen LogP contribution in [0.1, 0.15) is 152 Å². The maximum Gasteiger partial charge on any atom is 0.331 e. The molecule has 4 aliphatic heterocycles. The van der Waals surface area contributed by atoms with Gasteiger partial charge in [0.25, 0.3) is 0 Å². The Kier molecular flexibility index (Phi) is 27.7. The molecule has 0 saturated carbocycles. The number of ketones is 2. The number of carbonyl (C=O) groups excluding carboxylic acids is 8. The minimum Gasteiger partial charge on any atom is -0.454 e. The molecule has 4 aliphatic rings. The van der Waals surface area contributed by atoms with E-state index in [1.807, 2.05) is 32.1 Å². The molecule has 77 heavy (non-hydrogen) atoms. The number of aliphatic hydroxyl groups excluding tert-OH is 1. The highest BCUT2D eigenvalue weighted by atomic mass is 28.4. The molecule has 0 radical (unpaired) electrons. The number of nitrogens with one attached hydrogen (secondary N) is 2. The fourth-order valence-electron chi connectivity index (χ4n) is 9.91. The number of imide groups is 2. The van der Waals surface area contributed by atoms with Gasteiger partial charge in [-0.1, -0.05) is 97.1 Å². The minimum absolute atomic E-state index is 0.00504. The number of ether oxygens (including phenoxy) is 4. The zero-order chi connectivity index (χ0) is 57.6. The third-order valence-electron chi connectivity index (χ3n) is 15.5. The molecule has 0 aromatic rings. The van der Waals surface area contributed by atoms with E-state index in [1.54, 1.807) is 47.1 Å². The van der Waals surface area contributed by atoms with Crippen molar-refractivity contribution in [3.63, 3.8) is 0 Å². The van der Waals surface area contributed by atoms with E-state index in [-0.39, 0.29) is 89.0 Å². The van der Waals surface area contributed by atoms with Gasteiger partial charge >= 0.3 is 11.9 Å². The summed E-state index contributed by atoms with van der Waals surface area (Å²) in [6, 6.07) is 0. The lowest BCUT2D eigenvalue weighted by Crippen LogP contribution is -2.49. The SMILES string of the molecule is CO[C@H]1/C=C/CC/C=C/C(=O)O[C@H]([C@H](C)C(=O)CCCC2CC(=O)NC(=O)C2)/C(C)=C\[C@@H](C)[C@@H]1O.CO[C@H]1/C=C/CC/C=C/C(=O)O[C@H]([C@H](C)C(=O)CCCC2CC(=O)NC(=O)C2)/C(C)=C\[C@@H](C)[C@@H]1O[Si](C)(C)C(C)(C)C. The molecule has 4 amide bonds. The van der Waals surface area contributed by atoms with Crippen molar-refractivity contribution in [2.75, 3.05) is 14.2 Å². The predicted molar refractivity (Wildman–Crippen MR) is 298 cm³/mol. The molecular weight excluding hydrogens is 1000 g/mol. The Morgan fingerprint density at radius 3 is 1.42 bits per heavy atom. The second-order valence-electron chi connectivity index (χ2n) is 23.1. The molecule has 0 bridgehead atoms. The van der Waals surface area contributed by atoms with E-state index >= 15 is 0 Å². The standard InChI is InChI=1S/C33H53NO7Si.C27H39NO7/c1-22-19-23(2)32(41-42(8,9)33(4,5)6)27(39-7)17-12-10-11-13-18-30(38)40-31(22)24(3)26(35)16-14-15-25-20-28(36)34-29(37)21-25;1-17-14-18(2)27(35-25(32)13-8-6-5-7-12-22(34-4)26(17)33)19(3)21(29)11-9-10-20-15-23(30)28-24(31)16-20/h12-13,17-19,23-25,27,31-32H,10-11,14-16,20-21H2,1-9H3,(H,34,36,37);7-8,12-14,17,19-20,22,26-27,33H,5-6,9-11,15-16H2,1-4H3,(H,28,30,31)/b17-12+,18-13+,22-19-;12-7+,13-8+,18-14-/t23-,24-,27+,31+,32+;17-,19-,22+,26+,27+/m11/s1. The van der Waals surface area contributed by atoms with Crippen molar-refractivity contribution in [3.05, 3.63) is 71.9 Å². The van der Waals surface area contributed by atoms with Crippen LogP contribution in [0.15, 0.2) is 71.9 Å². The van der Waals surface area contributed by atoms with Gasteiger partial charge in [0.15, 0.2) is 8.32 Å². The molecule has 4 heterocycles. The number of rotatable bonds is 16. The number of carbonyl (C=O) groups is 8. The van der Waals surface area contributed by atoms with Gasteiger partial charge in [0.1, 0.15) is 36.0 Å². The van der Waals surface area contributed by atoms with Crippen molar-refractivity contribution in [1.29, 1.82) is 0 Å². The molecular formula is C60H92N2O14Si. The highest BCUT2D eigenvalue weighted by molar-refractivity contribution is 6.74. The average molecular weight is 1090 g/mol. The van der Waals surface area contributed by atoms with Gasteiger partial charge < -0.3 is 28.5 Å². The zero-order valence-corrected chi connectivity index (χ0v) is 49.4. The van der Waals surface area contributed by atoms with E-state index in [0.29, 0.717) is 76.2 Å². The summed E-state index contributed by atoms with van der Waals surface area (Å²) in [7, 11) is 1.08. The summed E-state index contributed by atoms with van der Waals surface area (Å²) in [5.41, 5.74) is 1.48. The van der Waals surface area contributed by atoms with E-state index in [9.17, 15) is 43.5 Å². The molecule has 0 spiro atoms. The molecule has 17 heteroatoms. The van der Waals surface area contributed by atoms with Gasteiger partial charge in [-0.15, -0.1) is 0 Å². The number of hydrogen-bond acceptors (Lipinski definition) is 14. The lowest BCUT2D eigenvalue weighted by atomic mass is 9.86. The summed E-state index contributed by atoms with van der Waals surface area (Å²) in [5.74, 6) is -3.76. The number of amides is 4. The molecule has 16 nitrogen and oxygen atoms in total. The van der Waals surface area contributed by atoms with Crippen LogP contribution < -0.4 is 10.6 Å². The van der Waals surface area contributed by atoms with Crippen LogP contribution in [0, 0.1) is 35.5 Å². The first kappa shape index (κ1) is 66.3. The molecule has 0 aliphatic carbocycles. The molecule has 10 atom stereocenters. The van der Waals surface area contributed by atoms with Gasteiger partial charge in [-0.3, -0.25) is 39.4 Å². The van der Waals surface area contributed by atoms with Crippen molar-refractivity contribution in [1.82, 2.24) is 10.6 Å². The zero-order valence-electron chi connectivity index (χ0n) is 48.4. The molecule has 3 N–H and O–H groups in total. The van der Waals surface area contributed by atoms with Gasteiger partial charge in [0, 0.05) is 76.7 Å². The van der Waals surface area contributed by atoms with Crippen LogP contribution in [0.25, 0.3) is 0 Å². The highest BCUT2D eigenvalue weighted by Gasteiger charge is 2.42. The number of esters is 2. The largest absolute Gasteiger partial charge is 0.454 e. The van der Waals surface area contributed by atoms with Gasteiger partial charge in [0.05, 0.1) is 24.0 Å². The van der Waals surface area contributed by atoms with Gasteiger partial charge in [-0.25, -0.2) is 9.59 Å². The number of methoxy groups -OCH3 is 2. The molecule has 0 unspecified atom stereocenters. The first-order chi connectivity index (χ1) is 36.2. The van der Waals surface area contributed by atoms with Crippen LogP contribution >= 0.6 is 0 Å². The normalized spacial score (nSPS) is 30.1. The second kappa shape index (κ2) is 32.2. The Bertz CT molecular complexity index is 2190. The third-order valence-corrected chi connectivity index (χ3v) is 20.0. The van der Waals surface area contributed by atoms with Gasteiger partial charge in [-0.2, -0.15) is 0 Å². The Morgan fingerprint density at radius 2 is 1.03 bits per heavy atom. The van der Waals surface area contributed by atoms with E-state index in [4.69, 9.17) is 23.4 Å². The van der Waals surface area contributed by atoms with E-state index in [1.165, 1.54) is 12.2 Å². The number of piperidine rings is 2. The van der Waals surface area contributed by atoms with Crippen molar-refractivity contribution >= 4 is 55.5 Å². The number of aliphatic hydroxyl groups is 1. The molecule has 2 saturated heterocycles. The van der Waals surface area contributed by atoms with Crippen LogP contribution in [-0.2, 0) is 61.7 Å². The smallest absolute Gasteiger partial charge is 0.331 e. The maximum absolute atomic E-state index is 13.4. The molecule has 4 rings (SSSR count). The predicted octanol–water partition coefficient (Wildman–Crippen LogP) is 9.41. The number of cyclic esters (lactones) is 2. The first-order valence-electron chi connectivity index (χ1n) is 27.7. The van der Waals surface area contributed by atoms with Crippen LogP contribution in [0.5, 0.6) is 0 Å². The van der Waals surface area contributed by atoms with Crippen molar-refractivity contribution in [2.45, 2.75) is 207 Å². The van der Waals surface area contributed by atoms with Crippen LogP contribution in [0.2, 0.25) is 18.1 Å². The summed E-state index contributed by atoms with van der Waals surface area (Å²) < 4.78 is 29.9. The Labute approximate surface area is 459 Å². The van der Waals surface area contributed by atoms with Crippen LogP contribution in [-0.4, -0.2) is 111 Å². The summed E-state index contributed by atoms with van der Waals surface area (Å²) in [6.07, 6.45) is 21.6. The minimum atomic E-state index is -2.17. The Morgan fingerprint density at radius 1 is 0.649 bits per heavy atom. The quantitative estimate of drug-likeness (QED) is 0.0567. The second-order valence-corrected chi connectivity index (χ2v) is 27.8. The first-order valence-corrected chi connectivity index (χ1v) is 30.6. The highest BCUT2D eigenvalue weighted by Crippen LogP contribution is 2.39. The van der Waals surface area contributed by atoms with Crippen LogP contribution in [0.4, 0.5) is 0 Å². The summed E-state index contributed by atoms with van der Waals surface area (Å²) in [5, 5.41) is 15.4. The molecule has 0 aromatic carbocycles. The Balaban J connectivity index is 0.000000412. The van der Waals surface area contributed by atoms with E-state index in [0.717, 1.165) is 12.0 Å². The topological polar surface area (TPSA) is 227 Å². The van der Waals surface area contributed by atoms with Crippen molar-refractivity contribution in [2.24, 2.45) is 35.5 Å². The van der Waals surface area contributed by atoms with E-state index in [2.05, 4.69) is 69.7 Å². The molecule has 430 valence electrons. The van der Waals surface area contributed by atoms with Gasteiger partial charge in [0.2, 0.25) is 23.6 Å². The van der Waals surface area contributed by atoms with Crippen molar-refractivity contribution < 1.29 is 66.8 Å². The fraction of sp³-hybridized carbons (Fsp3) is 0.667. The fourth-order valence-corrected chi connectivity index (χ4v) is 11.3.